The number of aryl methyl sites for hydroxylation is 3. The lowest BCUT2D eigenvalue weighted by Gasteiger charge is -2.19. The summed E-state index contributed by atoms with van der Waals surface area (Å²) in [4.78, 5) is 16.5. The van der Waals surface area contributed by atoms with Crippen molar-refractivity contribution < 1.29 is 9.18 Å². The van der Waals surface area contributed by atoms with E-state index in [1.54, 1.807) is 17.0 Å². The zero-order valence-electron chi connectivity index (χ0n) is 16.9. The lowest BCUT2D eigenvalue weighted by Crippen LogP contribution is -2.26. The standard InChI is InChI=1S/C23H22FN3OS/c1-14-5-6-15(2)20(11-14)26(4)22(28)21-12-19-16(3)25-27(23(19)29-21)13-17-7-9-18(24)10-8-17/h5-12H,13H2,1-4H3. The molecule has 4 aromatic rings. The quantitative estimate of drug-likeness (QED) is 0.449. The van der Waals surface area contributed by atoms with Gasteiger partial charge in [-0.2, -0.15) is 5.10 Å². The van der Waals surface area contributed by atoms with E-state index >= 15 is 0 Å². The molecule has 0 aliphatic rings. The van der Waals surface area contributed by atoms with E-state index in [2.05, 4.69) is 5.10 Å². The maximum atomic E-state index is 13.2. The van der Waals surface area contributed by atoms with Crippen LogP contribution in [0.2, 0.25) is 0 Å². The highest BCUT2D eigenvalue weighted by Crippen LogP contribution is 2.31. The van der Waals surface area contributed by atoms with E-state index in [1.165, 1.54) is 23.5 Å². The van der Waals surface area contributed by atoms with Crippen LogP contribution in [0.4, 0.5) is 10.1 Å². The fourth-order valence-corrected chi connectivity index (χ4v) is 4.58. The Morgan fingerprint density at radius 1 is 1.10 bits per heavy atom. The Bertz CT molecular complexity index is 1210. The summed E-state index contributed by atoms with van der Waals surface area (Å²) < 4.78 is 15.1. The number of carbonyl (C=O) groups is 1. The van der Waals surface area contributed by atoms with Crippen LogP contribution in [-0.4, -0.2) is 22.7 Å². The van der Waals surface area contributed by atoms with Gasteiger partial charge in [0, 0.05) is 18.1 Å². The van der Waals surface area contributed by atoms with Crippen LogP contribution < -0.4 is 4.90 Å². The summed E-state index contributed by atoms with van der Waals surface area (Å²) >= 11 is 1.44. The summed E-state index contributed by atoms with van der Waals surface area (Å²) in [5.41, 5.74) is 4.94. The molecule has 2 heterocycles. The molecule has 148 valence electrons. The number of hydrogen-bond donors (Lipinski definition) is 0. The van der Waals surface area contributed by atoms with Gasteiger partial charge in [0.1, 0.15) is 10.6 Å². The molecule has 0 saturated heterocycles. The highest BCUT2D eigenvalue weighted by atomic mass is 32.1. The number of thiophene rings is 1. The lowest BCUT2D eigenvalue weighted by molar-refractivity contribution is 0.0997. The fraction of sp³-hybridized carbons (Fsp3) is 0.217. The van der Waals surface area contributed by atoms with Gasteiger partial charge in [0.05, 0.1) is 17.1 Å². The minimum absolute atomic E-state index is 0.0346. The molecule has 0 N–H and O–H groups in total. The highest BCUT2D eigenvalue weighted by Gasteiger charge is 2.21. The fourth-order valence-electron chi connectivity index (χ4n) is 3.44. The van der Waals surface area contributed by atoms with E-state index in [0.29, 0.717) is 11.4 Å². The first-order chi connectivity index (χ1) is 13.8. The number of amides is 1. The van der Waals surface area contributed by atoms with Crippen molar-refractivity contribution in [3.05, 3.63) is 81.6 Å². The number of anilines is 1. The van der Waals surface area contributed by atoms with E-state index in [-0.39, 0.29) is 11.7 Å². The van der Waals surface area contributed by atoms with Gasteiger partial charge in [-0.15, -0.1) is 11.3 Å². The van der Waals surface area contributed by atoms with E-state index in [4.69, 9.17) is 0 Å². The van der Waals surface area contributed by atoms with Crippen LogP contribution in [0, 0.1) is 26.6 Å². The molecule has 0 unspecified atom stereocenters. The van der Waals surface area contributed by atoms with Crippen LogP contribution in [-0.2, 0) is 6.54 Å². The molecule has 0 radical (unpaired) electrons. The average Bonchev–Trinajstić information content (AvgIpc) is 3.26. The van der Waals surface area contributed by atoms with Crippen molar-refractivity contribution in [3.8, 4) is 0 Å². The molecule has 0 spiro atoms. The molecule has 4 nitrogen and oxygen atoms in total. The Morgan fingerprint density at radius 2 is 1.83 bits per heavy atom. The molecule has 29 heavy (non-hydrogen) atoms. The van der Waals surface area contributed by atoms with Crippen molar-refractivity contribution in [1.29, 1.82) is 0 Å². The normalized spacial score (nSPS) is 11.2. The molecule has 0 fully saturated rings. The molecule has 0 saturated carbocycles. The van der Waals surface area contributed by atoms with Gasteiger partial charge in [0.2, 0.25) is 0 Å². The van der Waals surface area contributed by atoms with Crippen molar-refractivity contribution >= 4 is 33.1 Å². The second-order valence-electron chi connectivity index (χ2n) is 7.35. The monoisotopic (exact) mass is 407 g/mol. The van der Waals surface area contributed by atoms with Crippen LogP contribution in [0.5, 0.6) is 0 Å². The number of benzene rings is 2. The second kappa shape index (κ2) is 7.44. The molecular formula is C23H22FN3OS. The average molecular weight is 408 g/mol. The van der Waals surface area contributed by atoms with Crippen LogP contribution in [0.15, 0.2) is 48.5 Å². The minimum Gasteiger partial charge on any atom is -0.310 e. The minimum atomic E-state index is -0.256. The zero-order valence-corrected chi connectivity index (χ0v) is 17.7. The van der Waals surface area contributed by atoms with Gasteiger partial charge in [0.25, 0.3) is 5.91 Å². The zero-order chi connectivity index (χ0) is 20.7. The first-order valence-corrected chi connectivity index (χ1v) is 10.2. The summed E-state index contributed by atoms with van der Waals surface area (Å²) in [6.45, 7) is 6.51. The van der Waals surface area contributed by atoms with Gasteiger partial charge in [-0.3, -0.25) is 9.48 Å². The van der Waals surface area contributed by atoms with Gasteiger partial charge in [-0.25, -0.2) is 4.39 Å². The molecule has 6 heteroatoms. The molecule has 4 rings (SSSR count). The van der Waals surface area contributed by atoms with Crippen molar-refractivity contribution in [2.45, 2.75) is 27.3 Å². The van der Waals surface area contributed by atoms with Crippen molar-refractivity contribution in [3.63, 3.8) is 0 Å². The predicted octanol–water partition coefficient (Wildman–Crippen LogP) is 5.49. The van der Waals surface area contributed by atoms with Gasteiger partial charge >= 0.3 is 0 Å². The Hall–Kier alpha value is -2.99. The number of fused-ring (bicyclic) bond motifs is 1. The maximum absolute atomic E-state index is 13.2. The van der Waals surface area contributed by atoms with E-state index < -0.39 is 0 Å². The van der Waals surface area contributed by atoms with Crippen LogP contribution >= 0.6 is 11.3 Å². The topological polar surface area (TPSA) is 38.1 Å². The highest BCUT2D eigenvalue weighted by molar-refractivity contribution is 7.20. The third-order valence-electron chi connectivity index (χ3n) is 5.09. The molecule has 0 aliphatic carbocycles. The Morgan fingerprint density at radius 3 is 2.55 bits per heavy atom. The van der Waals surface area contributed by atoms with Gasteiger partial charge < -0.3 is 4.90 Å². The number of halogens is 1. The number of aromatic nitrogens is 2. The number of carbonyl (C=O) groups excluding carboxylic acids is 1. The Balaban J connectivity index is 1.67. The summed E-state index contributed by atoms with van der Waals surface area (Å²) in [6.07, 6.45) is 0. The van der Waals surface area contributed by atoms with Gasteiger partial charge in [-0.1, -0.05) is 24.3 Å². The first kappa shape index (κ1) is 19.3. The van der Waals surface area contributed by atoms with Crippen molar-refractivity contribution in [1.82, 2.24) is 9.78 Å². The summed E-state index contributed by atoms with van der Waals surface area (Å²) in [5, 5.41) is 5.59. The molecule has 0 aliphatic heterocycles. The number of nitrogens with zero attached hydrogens (tertiary/aromatic N) is 3. The number of hydrogen-bond acceptors (Lipinski definition) is 3. The molecule has 0 bridgehead atoms. The Kier molecular flexibility index (Phi) is 4.96. The Labute approximate surface area is 173 Å². The molecular weight excluding hydrogens is 385 g/mol. The smallest absolute Gasteiger partial charge is 0.268 e. The van der Waals surface area contributed by atoms with Gasteiger partial charge in [-0.05, 0) is 61.7 Å². The second-order valence-corrected chi connectivity index (χ2v) is 8.38. The molecule has 2 aromatic carbocycles. The first-order valence-electron chi connectivity index (χ1n) is 9.40. The summed E-state index contributed by atoms with van der Waals surface area (Å²) in [5.74, 6) is -0.290. The maximum Gasteiger partial charge on any atom is 0.268 e. The van der Waals surface area contributed by atoms with E-state index in [0.717, 1.165) is 38.3 Å². The van der Waals surface area contributed by atoms with Crippen molar-refractivity contribution in [2.75, 3.05) is 11.9 Å². The third-order valence-corrected chi connectivity index (χ3v) is 6.23. The molecule has 1 amide bonds. The van der Waals surface area contributed by atoms with Crippen LogP contribution in [0.25, 0.3) is 10.2 Å². The van der Waals surface area contributed by atoms with E-state index in [1.807, 2.05) is 56.8 Å². The van der Waals surface area contributed by atoms with Crippen molar-refractivity contribution in [2.24, 2.45) is 0 Å². The van der Waals surface area contributed by atoms with Crippen LogP contribution in [0.1, 0.15) is 32.1 Å². The van der Waals surface area contributed by atoms with Gasteiger partial charge in [0.15, 0.2) is 0 Å². The summed E-state index contributed by atoms with van der Waals surface area (Å²) in [7, 11) is 1.81. The molecule has 0 atom stereocenters. The largest absolute Gasteiger partial charge is 0.310 e. The summed E-state index contributed by atoms with van der Waals surface area (Å²) in [6, 6.07) is 14.4. The van der Waals surface area contributed by atoms with Crippen LogP contribution in [0.3, 0.4) is 0 Å². The predicted molar refractivity (Wildman–Crippen MR) is 116 cm³/mol. The molecule has 2 aromatic heterocycles. The van der Waals surface area contributed by atoms with E-state index in [9.17, 15) is 9.18 Å². The lowest BCUT2D eigenvalue weighted by atomic mass is 10.1. The number of rotatable bonds is 4. The SMILES string of the molecule is Cc1ccc(C)c(N(C)C(=O)c2cc3c(C)nn(Cc4ccc(F)cc4)c3s2)c1. The third kappa shape index (κ3) is 3.68.